The van der Waals surface area contributed by atoms with Gasteiger partial charge in [0.25, 0.3) is 0 Å². The normalized spacial score (nSPS) is 27.1. The van der Waals surface area contributed by atoms with Gasteiger partial charge in [-0.05, 0) is 132 Å². The van der Waals surface area contributed by atoms with Crippen molar-refractivity contribution in [2.75, 3.05) is 40.3 Å². The fourth-order valence-corrected chi connectivity index (χ4v) is 12.0. The number of benzene rings is 3. The molecular weight excluding hydrogens is 1060 g/mol. The van der Waals surface area contributed by atoms with Crippen LogP contribution in [0.25, 0.3) is 0 Å². The van der Waals surface area contributed by atoms with Crippen molar-refractivity contribution in [3.05, 3.63) is 106 Å². The largest absolute Gasteiger partial charge is 0.419 e. The number of halogens is 5. The molecule has 8 amide bonds. The Morgan fingerprint density at radius 1 is 0.580 bits per heavy atom. The van der Waals surface area contributed by atoms with Crippen molar-refractivity contribution < 1.29 is 60.3 Å². The van der Waals surface area contributed by atoms with Gasteiger partial charge in [0.1, 0.15) is 35.8 Å². The summed E-state index contributed by atoms with van der Waals surface area (Å²) >= 11 is 0. The number of fused-ring (bicyclic) bond motifs is 2. The summed E-state index contributed by atoms with van der Waals surface area (Å²) in [6, 6.07) is 7.74. The average Bonchev–Trinajstić information content (AvgIpc) is 4.33. The number of hydrogen-bond acceptors (Lipinski definition) is 10. The van der Waals surface area contributed by atoms with E-state index in [9.17, 15) is 60.3 Å². The van der Waals surface area contributed by atoms with Crippen LogP contribution in [0.1, 0.15) is 110 Å². The molecule has 4 saturated heterocycles. The van der Waals surface area contributed by atoms with Crippen molar-refractivity contribution in [1.29, 1.82) is 0 Å². The third kappa shape index (κ3) is 13.2. The van der Waals surface area contributed by atoms with E-state index in [4.69, 9.17) is 0 Å². The summed E-state index contributed by atoms with van der Waals surface area (Å²) in [7, 11) is 3.19. The van der Waals surface area contributed by atoms with E-state index < -0.39 is 101 Å². The SMILES string of the molecule is CN[C@@H](C)C(=O)N[C@H]1CN(C(=O)Cc2ccc(CC(=O)N3CC[C@H]4CC[C@@H](C(=O)N[C@H]5C[C@@H]5c5ccc(C(F)(F)F)c(F)c5)N4C(=O)[C@@H](NC(=O)[C@H](C)NC)C3)cc2)CC[C@H]2CC[C@@H](C(=O)N[C@H]3C[C@@H]3c3ccc(C)c(F)c3)N2C1=O. The first kappa shape index (κ1) is 58.6. The van der Waals surface area contributed by atoms with Gasteiger partial charge in [0.2, 0.25) is 47.3 Å². The maximum atomic E-state index is 14.5. The monoisotopic (exact) mass is 1130 g/mol. The number of rotatable bonds is 16. The van der Waals surface area contributed by atoms with Crippen LogP contribution in [0.15, 0.2) is 60.7 Å². The highest BCUT2D eigenvalue weighted by Gasteiger charge is 2.50. The van der Waals surface area contributed by atoms with Crippen LogP contribution in [0.2, 0.25) is 0 Å². The molecular formula is C58H71F5N10O8. The van der Waals surface area contributed by atoms with Gasteiger partial charge in [0.05, 0.1) is 30.5 Å². The van der Waals surface area contributed by atoms with Gasteiger partial charge in [-0.1, -0.05) is 42.5 Å². The highest BCUT2D eigenvalue weighted by Crippen LogP contribution is 2.44. The second-order valence-corrected chi connectivity index (χ2v) is 22.7. The van der Waals surface area contributed by atoms with Gasteiger partial charge in [-0.25, -0.2) is 8.78 Å². The van der Waals surface area contributed by atoms with E-state index in [2.05, 4.69) is 31.9 Å². The van der Waals surface area contributed by atoms with Gasteiger partial charge in [-0.3, -0.25) is 38.4 Å². The molecule has 4 heterocycles. The van der Waals surface area contributed by atoms with Crippen molar-refractivity contribution in [2.24, 2.45) is 0 Å². The van der Waals surface area contributed by atoms with Gasteiger partial charge in [-0.15, -0.1) is 0 Å². The lowest BCUT2D eigenvalue weighted by molar-refractivity contribution is -0.147. The molecule has 0 aromatic heterocycles. The molecule has 9 rings (SSSR count). The molecule has 18 nitrogen and oxygen atoms in total. The van der Waals surface area contributed by atoms with Crippen LogP contribution in [0.3, 0.4) is 0 Å². The highest BCUT2D eigenvalue weighted by atomic mass is 19.4. The lowest BCUT2D eigenvalue weighted by Gasteiger charge is -2.39. The number of amides is 8. The topological polar surface area (TPSA) is 222 Å². The van der Waals surface area contributed by atoms with Crippen LogP contribution in [0.5, 0.6) is 0 Å². The summed E-state index contributed by atoms with van der Waals surface area (Å²) in [4.78, 5) is 118. The molecule has 6 fully saturated rings. The maximum absolute atomic E-state index is 14.5. The number of aryl methyl sites for hydroxylation is 1. The van der Waals surface area contributed by atoms with Gasteiger partial charge in [-0.2, -0.15) is 13.2 Å². The number of hydrogen-bond donors (Lipinski definition) is 6. The number of carbonyl (C=O) groups is 8. The van der Waals surface area contributed by atoms with Crippen LogP contribution in [-0.2, 0) is 57.4 Å². The van der Waals surface area contributed by atoms with Gasteiger partial charge >= 0.3 is 6.18 Å². The Bertz CT molecular complexity index is 2930. The standard InChI is InChI=1S/C58H71F5N10O8/c1-30-6-11-35(24-42(30)59)39-26-44(39)66-54(78)48-16-13-37-18-20-70(28-46(56(80)72(37)48)68-52(76)31(2)64-4)50(74)22-33-7-9-34(10-8-33)23-51(75)71-21-19-38-14-17-49(73(38)57(81)47(29-71)69-53(77)32(3)65-5)55(79)67-45-27-40(45)36-12-15-41(43(60)25-36)58(61,62)63/h6-12,15,24-25,31-32,37-40,44-49,64-65H,13-14,16-23,26-29H2,1-5H3,(H,66,78)(H,67,79)(H,68,76)(H,69,77)/t31-,32-,37+,38+,39+,40+,44-,45-,46-,47-,48-,49-/m0/s1. The molecule has 3 aromatic rings. The minimum Gasteiger partial charge on any atom is -0.351 e. The molecule has 6 aliphatic rings. The zero-order valence-electron chi connectivity index (χ0n) is 46.0. The van der Waals surface area contributed by atoms with E-state index in [0.29, 0.717) is 73.3 Å². The summed E-state index contributed by atoms with van der Waals surface area (Å²) in [5.74, 6) is -5.52. The van der Waals surface area contributed by atoms with Crippen LogP contribution < -0.4 is 31.9 Å². The van der Waals surface area contributed by atoms with Gasteiger partial charge in [0.15, 0.2) is 0 Å². The molecule has 2 saturated carbocycles. The van der Waals surface area contributed by atoms with Crippen molar-refractivity contribution in [1.82, 2.24) is 51.5 Å². The Hall–Kier alpha value is -7.01. The molecule has 0 unspecified atom stereocenters. The molecule has 4 aliphatic heterocycles. The van der Waals surface area contributed by atoms with E-state index >= 15 is 0 Å². The zero-order chi connectivity index (χ0) is 58.2. The molecule has 12 atom stereocenters. The molecule has 436 valence electrons. The minimum absolute atomic E-state index is 0.0420. The number of nitrogens with zero attached hydrogens (tertiary/aromatic N) is 4. The van der Waals surface area contributed by atoms with Crippen LogP contribution in [-0.4, -0.2) is 168 Å². The molecule has 0 radical (unpaired) electrons. The molecule has 81 heavy (non-hydrogen) atoms. The second kappa shape index (κ2) is 24.2. The minimum atomic E-state index is -4.85. The first-order valence-electron chi connectivity index (χ1n) is 28.0. The van der Waals surface area contributed by atoms with Crippen LogP contribution >= 0.6 is 0 Å². The predicted molar refractivity (Wildman–Crippen MR) is 286 cm³/mol. The molecule has 0 bridgehead atoms. The fourth-order valence-electron chi connectivity index (χ4n) is 12.0. The number of likely N-dealkylation sites (N-methyl/N-ethyl adjacent to an activating group) is 2. The highest BCUT2D eigenvalue weighted by molar-refractivity contribution is 5.96. The Balaban J connectivity index is 0.817. The van der Waals surface area contributed by atoms with Gasteiger partial charge < -0.3 is 51.5 Å². The first-order chi connectivity index (χ1) is 38.5. The lowest BCUT2D eigenvalue weighted by atomic mass is 10.0. The summed E-state index contributed by atoms with van der Waals surface area (Å²) in [5, 5.41) is 17.3. The van der Waals surface area contributed by atoms with E-state index in [1.165, 1.54) is 21.9 Å². The fraction of sp³-hybridized carbons (Fsp3) is 0.552. The average molecular weight is 1130 g/mol. The Morgan fingerprint density at radius 2 is 1.00 bits per heavy atom. The smallest absolute Gasteiger partial charge is 0.351 e. The zero-order valence-corrected chi connectivity index (χ0v) is 46.0. The Labute approximate surface area is 467 Å². The molecule has 2 aliphatic carbocycles. The van der Waals surface area contributed by atoms with Crippen LogP contribution in [0, 0.1) is 18.6 Å². The number of carbonyl (C=O) groups excluding carboxylic acids is 8. The van der Waals surface area contributed by atoms with Crippen molar-refractivity contribution >= 4 is 47.3 Å². The maximum Gasteiger partial charge on any atom is 0.419 e. The van der Waals surface area contributed by atoms with Crippen LogP contribution in [0.4, 0.5) is 22.0 Å². The summed E-state index contributed by atoms with van der Waals surface area (Å²) in [6.45, 7) is 5.07. The molecule has 23 heteroatoms. The first-order valence-corrected chi connectivity index (χ1v) is 28.0. The second-order valence-electron chi connectivity index (χ2n) is 22.7. The molecule has 0 spiro atoms. The van der Waals surface area contributed by atoms with Crippen molar-refractivity contribution in [2.45, 2.75) is 163 Å². The van der Waals surface area contributed by atoms with E-state index in [0.717, 1.165) is 11.6 Å². The Kier molecular flexibility index (Phi) is 17.5. The number of nitrogens with one attached hydrogen (secondary N) is 6. The quantitative estimate of drug-likeness (QED) is 0.115. The third-order valence-electron chi connectivity index (χ3n) is 17.3. The third-order valence-corrected chi connectivity index (χ3v) is 17.3. The lowest BCUT2D eigenvalue weighted by Crippen LogP contribution is -2.62. The van der Waals surface area contributed by atoms with Crippen molar-refractivity contribution in [3.8, 4) is 0 Å². The van der Waals surface area contributed by atoms with E-state index in [1.807, 2.05) is 6.07 Å². The predicted octanol–water partition coefficient (Wildman–Crippen LogP) is 3.09. The summed E-state index contributed by atoms with van der Waals surface area (Å²) < 4.78 is 68.3. The summed E-state index contributed by atoms with van der Waals surface area (Å²) in [5.41, 5.74) is 1.51. The molecule has 6 N–H and O–H groups in total. The summed E-state index contributed by atoms with van der Waals surface area (Å²) in [6.07, 6.45) is -1.60. The Morgan fingerprint density at radius 3 is 1.40 bits per heavy atom. The van der Waals surface area contributed by atoms with Gasteiger partial charge in [0, 0.05) is 62.2 Å². The van der Waals surface area contributed by atoms with E-state index in [1.54, 1.807) is 75.0 Å². The van der Waals surface area contributed by atoms with E-state index in [-0.39, 0.29) is 87.0 Å². The van der Waals surface area contributed by atoms with Crippen molar-refractivity contribution in [3.63, 3.8) is 0 Å². The molecule has 3 aromatic carbocycles. The number of alkyl halides is 3.